The molecule has 0 saturated heterocycles. The monoisotopic (exact) mass is 283 g/mol. The third kappa shape index (κ3) is 2.61. The van der Waals surface area contributed by atoms with Gasteiger partial charge < -0.3 is 4.42 Å². The fourth-order valence-electron chi connectivity index (χ4n) is 2.03. The molecule has 2 nitrogen and oxygen atoms in total. The molecule has 1 heterocycles. The van der Waals surface area contributed by atoms with Crippen LogP contribution in [0.2, 0.25) is 0 Å². The van der Waals surface area contributed by atoms with Crippen LogP contribution in [0.15, 0.2) is 52.9 Å². The van der Waals surface area contributed by atoms with Gasteiger partial charge in [0.15, 0.2) is 5.58 Å². The van der Waals surface area contributed by atoms with Crippen LogP contribution in [0.5, 0.6) is 0 Å². The lowest BCUT2D eigenvalue weighted by molar-refractivity contribution is 0.588. The van der Waals surface area contributed by atoms with Crippen LogP contribution in [0, 0.1) is 0 Å². The zero-order valence-electron chi connectivity index (χ0n) is 11.1. The summed E-state index contributed by atoms with van der Waals surface area (Å²) < 4.78 is 5.64. The molecule has 0 spiro atoms. The zero-order chi connectivity index (χ0) is 13.9. The van der Waals surface area contributed by atoms with Gasteiger partial charge in [-0.1, -0.05) is 54.9 Å². The Bertz CT molecular complexity index is 723. The van der Waals surface area contributed by atoms with Gasteiger partial charge in [-0.2, -0.15) is 0 Å². The van der Waals surface area contributed by atoms with Crippen LogP contribution in [0.1, 0.15) is 23.9 Å². The molecule has 0 fully saturated rings. The van der Waals surface area contributed by atoms with E-state index in [0.717, 1.165) is 23.1 Å². The minimum absolute atomic E-state index is 0.451. The number of oxazole rings is 1. The molecule has 3 heteroatoms. The molecule has 0 N–H and O–H groups in total. The van der Waals surface area contributed by atoms with Crippen LogP contribution in [0.25, 0.3) is 22.2 Å². The molecule has 2 aromatic carbocycles. The van der Waals surface area contributed by atoms with Gasteiger partial charge in [-0.3, -0.25) is 0 Å². The van der Waals surface area contributed by atoms with Crippen LogP contribution in [0.3, 0.4) is 0 Å². The van der Waals surface area contributed by atoms with Gasteiger partial charge in [0.2, 0.25) is 5.89 Å². The third-order valence-corrected chi connectivity index (χ3v) is 3.45. The molecule has 0 unspecified atom stereocenters. The third-order valence-electron chi connectivity index (χ3n) is 3.18. The van der Waals surface area contributed by atoms with Crippen molar-refractivity contribution in [2.45, 2.75) is 13.3 Å². The van der Waals surface area contributed by atoms with Crippen LogP contribution >= 0.6 is 11.6 Å². The summed E-state index contributed by atoms with van der Waals surface area (Å²) in [6.45, 7) is 2.14. The van der Waals surface area contributed by atoms with E-state index in [0.29, 0.717) is 10.9 Å². The number of benzene rings is 2. The van der Waals surface area contributed by atoms with E-state index < -0.39 is 0 Å². The summed E-state index contributed by atoms with van der Waals surface area (Å²) in [6, 6.07) is 15.9. The van der Waals surface area contributed by atoms with Crippen molar-refractivity contribution in [2.24, 2.45) is 0 Å². The van der Waals surface area contributed by atoms with E-state index in [9.17, 15) is 0 Å². The van der Waals surface area contributed by atoms with Gasteiger partial charge in [0, 0.05) is 0 Å². The van der Waals surface area contributed by atoms with Crippen molar-refractivity contribution in [1.29, 1.82) is 0 Å². The first-order valence-corrected chi connectivity index (χ1v) is 6.96. The van der Waals surface area contributed by atoms with Crippen molar-refractivity contribution in [3.8, 4) is 0 Å². The van der Waals surface area contributed by atoms with E-state index >= 15 is 0 Å². The maximum absolute atomic E-state index is 6.29. The van der Waals surface area contributed by atoms with E-state index in [2.05, 4.69) is 24.0 Å². The van der Waals surface area contributed by atoms with E-state index in [1.165, 1.54) is 5.56 Å². The standard InChI is InChI=1S/C17H14ClNO/c1-2-12-7-9-13(10-8-12)11-14(18)17-19-15-5-3-4-6-16(15)20-17/h3-11H,2H2,1H3/b14-11-. The quantitative estimate of drug-likeness (QED) is 0.666. The molecule has 0 aliphatic heterocycles. The lowest BCUT2D eigenvalue weighted by Crippen LogP contribution is -1.81. The number of hydrogen-bond acceptors (Lipinski definition) is 2. The van der Waals surface area contributed by atoms with Crippen molar-refractivity contribution in [2.75, 3.05) is 0 Å². The van der Waals surface area contributed by atoms with Crippen molar-refractivity contribution >= 4 is 33.8 Å². The van der Waals surface area contributed by atoms with Crippen molar-refractivity contribution in [1.82, 2.24) is 4.98 Å². The second-order valence-corrected chi connectivity index (χ2v) is 4.98. The number of halogens is 1. The summed E-state index contributed by atoms with van der Waals surface area (Å²) in [5.74, 6) is 0.451. The van der Waals surface area contributed by atoms with Gasteiger partial charge in [-0.05, 0) is 35.8 Å². The van der Waals surface area contributed by atoms with E-state index in [4.69, 9.17) is 16.0 Å². The van der Waals surface area contributed by atoms with Gasteiger partial charge in [0.1, 0.15) is 10.5 Å². The first kappa shape index (κ1) is 12.9. The molecule has 3 aromatic rings. The molecule has 20 heavy (non-hydrogen) atoms. The molecule has 1 aromatic heterocycles. The van der Waals surface area contributed by atoms with Crippen molar-refractivity contribution in [3.63, 3.8) is 0 Å². The Morgan fingerprint density at radius 3 is 2.60 bits per heavy atom. The first-order chi connectivity index (χ1) is 9.76. The summed E-state index contributed by atoms with van der Waals surface area (Å²) in [5, 5.41) is 0.505. The number of para-hydroxylation sites is 2. The molecule has 0 aliphatic carbocycles. The maximum atomic E-state index is 6.29. The molecule has 0 radical (unpaired) electrons. The Labute approximate surface area is 122 Å². The van der Waals surface area contributed by atoms with Crippen LogP contribution in [0.4, 0.5) is 0 Å². The second kappa shape index (κ2) is 5.51. The Balaban J connectivity index is 1.93. The fraction of sp³-hybridized carbons (Fsp3) is 0.118. The highest BCUT2D eigenvalue weighted by Gasteiger charge is 2.08. The summed E-state index contributed by atoms with van der Waals surface area (Å²) >= 11 is 6.29. The Hall–Kier alpha value is -2.06. The molecular formula is C17H14ClNO. The zero-order valence-corrected chi connectivity index (χ0v) is 11.9. The highest BCUT2D eigenvalue weighted by atomic mass is 35.5. The second-order valence-electron chi connectivity index (χ2n) is 4.57. The molecule has 0 atom stereocenters. The molecule has 0 saturated carbocycles. The number of aromatic nitrogens is 1. The lowest BCUT2D eigenvalue weighted by Gasteiger charge is -1.98. The minimum Gasteiger partial charge on any atom is -0.435 e. The molecule has 0 bridgehead atoms. The van der Waals surface area contributed by atoms with E-state index in [1.54, 1.807) is 0 Å². The predicted octanol–water partition coefficient (Wildman–Crippen LogP) is 5.13. The predicted molar refractivity (Wildman–Crippen MR) is 83.6 cm³/mol. The minimum atomic E-state index is 0.451. The average Bonchev–Trinajstić information content (AvgIpc) is 2.92. The first-order valence-electron chi connectivity index (χ1n) is 6.58. The molecular weight excluding hydrogens is 270 g/mol. The summed E-state index contributed by atoms with van der Waals surface area (Å²) in [4.78, 5) is 4.38. The molecule has 0 aliphatic rings. The molecule has 0 amide bonds. The average molecular weight is 284 g/mol. The van der Waals surface area contributed by atoms with Crippen molar-refractivity contribution < 1.29 is 4.42 Å². The molecule has 3 rings (SSSR count). The van der Waals surface area contributed by atoms with E-state index in [1.807, 2.05) is 42.5 Å². The Morgan fingerprint density at radius 2 is 1.90 bits per heavy atom. The number of nitrogens with zero attached hydrogens (tertiary/aromatic N) is 1. The smallest absolute Gasteiger partial charge is 0.238 e. The maximum Gasteiger partial charge on any atom is 0.238 e. The number of rotatable bonds is 3. The van der Waals surface area contributed by atoms with Crippen LogP contribution in [-0.4, -0.2) is 4.98 Å². The summed E-state index contributed by atoms with van der Waals surface area (Å²) in [5.41, 5.74) is 3.90. The highest BCUT2D eigenvalue weighted by Crippen LogP contribution is 2.25. The molecule has 100 valence electrons. The van der Waals surface area contributed by atoms with Crippen LogP contribution < -0.4 is 0 Å². The topological polar surface area (TPSA) is 26.0 Å². The number of fused-ring (bicyclic) bond motifs is 1. The Kier molecular flexibility index (Phi) is 3.57. The number of aryl methyl sites for hydroxylation is 1. The van der Waals surface area contributed by atoms with Crippen molar-refractivity contribution in [3.05, 3.63) is 65.5 Å². The number of hydrogen-bond donors (Lipinski definition) is 0. The van der Waals surface area contributed by atoms with Gasteiger partial charge in [0.25, 0.3) is 0 Å². The normalized spacial score (nSPS) is 12.0. The summed E-state index contributed by atoms with van der Waals surface area (Å²) in [7, 11) is 0. The fourth-order valence-corrected chi connectivity index (χ4v) is 2.24. The van der Waals surface area contributed by atoms with Gasteiger partial charge in [-0.15, -0.1) is 0 Å². The highest BCUT2D eigenvalue weighted by molar-refractivity contribution is 6.50. The Morgan fingerprint density at radius 1 is 1.15 bits per heavy atom. The largest absolute Gasteiger partial charge is 0.435 e. The van der Waals surface area contributed by atoms with E-state index in [-0.39, 0.29) is 0 Å². The SMILES string of the molecule is CCc1ccc(/C=C(\Cl)c2nc3ccccc3o2)cc1. The van der Waals surface area contributed by atoms with Gasteiger partial charge >= 0.3 is 0 Å². The lowest BCUT2D eigenvalue weighted by atomic mass is 10.1. The van der Waals surface area contributed by atoms with Gasteiger partial charge in [0.05, 0.1) is 0 Å². The van der Waals surface area contributed by atoms with Crippen LogP contribution in [-0.2, 0) is 6.42 Å². The summed E-state index contributed by atoms with van der Waals surface area (Å²) in [6.07, 6.45) is 2.90. The van der Waals surface area contributed by atoms with Gasteiger partial charge in [-0.25, -0.2) is 4.98 Å².